The van der Waals surface area contributed by atoms with Crippen molar-refractivity contribution in [2.24, 2.45) is 0 Å². The summed E-state index contributed by atoms with van der Waals surface area (Å²) < 4.78 is 25.9. The predicted molar refractivity (Wildman–Crippen MR) is 62.9 cm³/mol. The van der Waals surface area contributed by atoms with E-state index in [2.05, 4.69) is 0 Å². The fourth-order valence-corrected chi connectivity index (χ4v) is 2.33. The molecule has 0 aromatic heterocycles. The third-order valence-electron chi connectivity index (χ3n) is 2.71. The molecule has 0 bridgehead atoms. The Balaban J connectivity index is 2.14. The van der Waals surface area contributed by atoms with Gasteiger partial charge in [-0.3, -0.25) is 0 Å². The number of halogens is 4. The highest BCUT2D eigenvalue weighted by atomic mass is 35.5. The number of piperidine rings is 1. The molecule has 1 saturated heterocycles. The summed E-state index contributed by atoms with van der Waals surface area (Å²) >= 11 is 11.7. The van der Waals surface area contributed by atoms with Gasteiger partial charge >= 0.3 is 0 Å². The maximum Gasteiger partial charge on any atom is 0.251 e. The average molecular weight is 266 g/mol. The minimum Gasteiger partial charge on any atom is -0.371 e. The molecule has 0 saturated carbocycles. The third-order valence-corrected chi connectivity index (χ3v) is 3.14. The Kier molecular flexibility index (Phi) is 3.27. The topological polar surface area (TPSA) is 3.24 Å². The van der Waals surface area contributed by atoms with E-state index in [1.54, 1.807) is 18.2 Å². The van der Waals surface area contributed by atoms with Crippen LogP contribution in [0.4, 0.5) is 14.5 Å². The lowest BCUT2D eigenvalue weighted by atomic mass is 10.1. The Morgan fingerprint density at radius 3 is 2.00 bits per heavy atom. The minimum atomic E-state index is -2.53. The van der Waals surface area contributed by atoms with Crippen molar-refractivity contribution in [3.8, 4) is 0 Å². The Hall–Kier alpha value is -0.540. The number of nitrogens with zero attached hydrogens (tertiary/aromatic N) is 1. The summed E-state index contributed by atoms with van der Waals surface area (Å²) in [5.74, 6) is -2.53. The Morgan fingerprint density at radius 2 is 1.50 bits per heavy atom. The van der Waals surface area contributed by atoms with Crippen molar-refractivity contribution in [1.29, 1.82) is 0 Å². The first-order valence-corrected chi connectivity index (χ1v) is 5.81. The molecular formula is C11H11Cl2F2N. The van der Waals surface area contributed by atoms with Gasteiger partial charge in [-0.15, -0.1) is 0 Å². The summed E-state index contributed by atoms with van der Waals surface area (Å²) in [5, 5.41) is 1.06. The Labute approximate surface area is 103 Å². The molecule has 1 fully saturated rings. The molecule has 88 valence electrons. The quantitative estimate of drug-likeness (QED) is 0.735. The van der Waals surface area contributed by atoms with E-state index < -0.39 is 5.92 Å². The lowest BCUT2D eigenvalue weighted by molar-refractivity contribution is -0.0220. The Bertz CT molecular complexity index is 365. The van der Waals surface area contributed by atoms with Gasteiger partial charge in [-0.25, -0.2) is 8.78 Å². The van der Waals surface area contributed by atoms with Crippen molar-refractivity contribution in [3.05, 3.63) is 28.2 Å². The molecule has 2 rings (SSSR count). The second-order valence-electron chi connectivity index (χ2n) is 3.97. The van der Waals surface area contributed by atoms with E-state index in [4.69, 9.17) is 23.2 Å². The molecule has 0 unspecified atom stereocenters. The highest BCUT2D eigenvalue weighted by Gasteiger charge is 2.34. The monoisotopic (exact) mass is 265 g/mol. The van der Waals surface area contributed by atoms with Gasteiger partial charge in [0.25, 0.3) is 5.92 Å². The fourth-order valence-electron chi connectivity index (χ4n) is 1.81. The fraction of sp³-hybridized carbons (Fsp3) is 0.455. The van der Waals surface area contributed by atoms with E-state index in [1.165, 1.54) is 0 Å². The summed E-state index contributed by atoms with van der Waals surface area (Å²) in [5.41, 5.74) is 0.813. The largest absolute Gasteiger partial charge is 0.371 e. The van der Waals surface area contributed by atoms with Gasteiger partial charge in [0.2, 0.25) is 0 Å². The van der Waals surface area contributed by atoms with Crippen LogP contribution < -0.4 is 4.90 Å². The summed E-state index contributed by atoms with van der Waals surface area (Å²) in [6, 6.07) is 5.12. The number of anilines is 1. The van der Waals surface area contributed by atoms with Gasteiger partial charge in [-0.05, 0) is 18.2 Å². The molecule has 0 amide bonds. The van der Waals surface area contributed by atoms with Crippen LogP contribution in [0.25, 0.3) is 0 Å². The first-order chi connectivity index (χ1) is 7.46. The van der Waals surface area contributed by atoms with Crippen molar-refractivity contribution in [2.45, 2.75) is 18.8 Å². The number of benzene rings is 1. The molecule has 1 aliphatic rings. The van der Waals surface area contributed by atoms with Crippen LogP contribution in [0.3, 0.4) is 0 Å². The lowest BCUT2D eigenvalue weighted by Crippen LogP contribution is -2.39. The van der Waals surface area contributed by atoms with Crippen molar-refractivity contribution in [1.82, 2.24) is 0 Å². The number of hydrogen-bond donors (Lipinski definition) is 0. The van der Waals surface area contributed by atoms with Crippen molar-refractivity contribution in [3.63, 3.8) is 0 Å². The van der Waals surface area contributed by atoms with E-state index in [9.17, 15) is 8.78 Å². The lowest BCUT2D eigenvalue weighted by Gasteiger charge is -2.33. The van der Waals surface area contributed by atoms with Crippen LogP contribution in [0.15, 0.2) is 18.2 Å². The van der Waals surface area contributed by atoms with Crippen molar-refractivity contribution in [2.75, 3.05) is 18.0 Å². The predicted octanol–water partition coefficient (Wildman–Crippen LogP) is 4.23. The SMILES string of the molecule is FC1(F)CCN(c2cc(Cl)cc(Cl)c2)CC1. The van der Waals surface area contributed by atoms with Crippen LogP contribution >= 0.6 is 23.2 Å². The first-order valence-electron chi connectivity index (χ1n) is 5.05. The highest BCUT2D eigenvalue weighted by Crippen LogP contribution is 2.32. The summed E-state index contributed by atoms with van der Waals surface area (Å²) in [6.07, 6.45) is -0.228. The van der Waals surface area contributed by atoms with E-state index in [0.29, 0.717) is 23.1 Å². The maximum atomic E-state index is 13.0. The number of rotatable bonds is 1. The molecule has 1 aromatic carbocycles. The highest BCUT2D eigenvalue weighted by molar-refractivity contribution is 6.35. The summed E-state index contributed by atoms with van der Waals surface area (Å²) in [4.78, 5) is 1.88. The van der Waals surface area contributed by atoms with Gasteiger partial charge in [-0.1, -0.05) is 23.2 Å². The zero-order valence-corrected chi connectivity index (χ0v) is 10.0. The molecule has 0 N–H and O–H groups in total. The number of alkyl halides is 2. The van der Waals surface area contributed by atoms with Gasteiger partial charge in [0.1, 0.15) is 0 Å². The molecule has 0 spiro atoms. The molecular weight excluding hydrogens is 255 g/mol. The standard InChI is InChI=1S/C11H11Cl2F2N/c12-8-5-9(13)7-10(6-8)16-3-1-11(14,15)2-4-16/h5-7H,1-4H2. The molecule has 1 aliphatic heterocycles. The molecule has 5 heteroatoms. The van der Waals surface area contributed by atoms with Crippen LogP contribution in [-0.2, 0) is 0 Å². The van der Waals surface area contributed by atoms with Crippen LogP contribution in [0.1, 0.15) is 12.8 Å². The van der Waals surface area contributed by atoms with E-state index in [-0.39, 0.29) is 12.8 Å². The minimum absolute atomic E-state index is 0.114. The summed E-state index contributed by atoms with van der Waals surface area (Å²) in [6.45, 7) is 0.674. The normalized spacial score (nSPS) is 19.9. The van der Waals surface area contributed by atoms with E-state index >= 15 is 0 Å². The van der Waals surface area contributed by atoms with Crippen LogP contribution in [0, 0.1) is 0 Å². The first kappa shape index (κ1) is 11.9. The zero-order chi connectivity index (χ0) is 11.8. The van der Waals surface area contributed by atoms with Crippen LogP contribution in [-0.4, -0.2) is 19.0 Å². The molecule has 1 aromatic rings. The van der Waals surface area contributed by atoms with E-state index in [1.807, 2.05) is 4.90 Å². The average Bonchev–Trinajstić information content (AvgIpc) is 2.15. The van der Waals surface area contributed by atoms with Gasteiger partial charge < -0.3 is 4.90 Å². The zero-order valence-electron chi connectivity index (χ0n) is 8.52. The number of hydrogen-bond acceptors (Lipinski definition) is 1. The van der Waals surface area contributed by atoms with Gasteiger partial charge in [-0.2, -0.15) is 0 Å². The summed E-state index contributed by atoms with van der Waals surface area (Å²) in [7, 11) is 0. The van der Waals surface area contributed by atoms with Gasteiger partial charge in [0.05, 0.1) is 0 Å². The molecule has 16 heavy (non-hydrogen) atoms. The smallest absolute Gasteiger partial charge is 0.251 e. The van der Waals surface area contributed by atoms with Crippen molar-refractivity contribution < 1.29 is 8.78 Å². The molecule has 0 radical (unpaired) electrons. The Morgan fingerprint density at radius 1 is 1.00 bits per heavy atom. The van der Waals surface area contributed by atoms with Gasteiger partial charge in [0.15, 0.2) is 0 Å². The molecule has 0 aliphatic carbocycles. The second kappa shape index (κ2) is 4.38. The third kappa shape index (κ3) is 2.77. The molecule has 0 atom stereocenters. The maximum absolute atomic E-state index is 13.0. The molecule has 1 heterocycles. The van der Waals surface area contributed by atoms with Gasteiger partial charge in [0, 0.05) is 41.7 Å². The van der Waals surface area contributed by atoms with Crippen LogP contribution in [0.5, 0.6) is 0 Å². The van der Waals surface area contributed by atoms with Crippen LogP contribution in [0.2, 0.25) is 10.0 Å². The van der Waals surface area contributed by atoms with E-state index in [0.717, 1.165) is 5.69 Å². The molecule has 1 nitrogen and oxygen atoms in total. The second-order valence-corrected chi connectivity index (χ2v) is 4.84. The van der Waals surface area contributed by atoms with Crippen molar-refractivity contribution >= 4 is 28.9 Å².